The smallest absolute Gasteiger partial charge is 0.0921 e. The summed E-state index contributed by atoms with van der Waals surface area (Å²) >= 11 is 0. The van der Waals surface area contributed by atoms with Crippen LogP contribution in [0, 0.1) is 0 Å². The van der Waals surface area contributed by atoms with Crippen molar-refractivity contribution in [1.82, 2.24) is 20.2 Å². The minimum absolute atomic E-state index is 0.974. The van der Waals surface area contributed by atoms with Crippen LogP contribution >= 0.6 is 0 Å². The molecular formula is C8H10N4. The average molecular weight is 162 g/mol. The first-order valence-electron chi connectivity index (χ1n) is 3.90. The second-order valence-corrected chi connectivity index (χ2v) is 2.66. The number of nitrogens with zero attached hydrogens (tertiary/aromatic N) is 2. The molecule has 0 aliphatic heterocycles. The van der Waals surface area contributed by atoms with Crippen molar-refractivity contribution in [3.63, 3.8) is 0 Å². The van der Waals surface area contributed by atoms with Gasteiger partial charge in [0.15, 0.2) is 0 Å². The molecule has 0 spiro atoms. The molecular weight excluding hydrogens is 152 g/mol. The third-order valence-electron chi connectivity index (χ3n) is 1.78. The zero-order chi connectivity index (χ0) is 8.23. The molecule has 4 heteroatoms. The molecule has 2 rings (SSSR count). The van der Waals surface area contributed by atoms with Crippen LogP contribution < -0.4 is 0 Å². The van der Waals surface area contributed by atoms with E-state index in [1.165, 1.54) is 0 Å². The summed E-state index contributed by atoms with van der Waals surface area (Å²) < 4.78 is 0. The highest BCUT2D eigenvalue weighted by Crippen LogP contribution is 2.00. The Bertz CT molecular complexity index is 274. The maximum absolute atomic E-state index is 3.94. The standard InChI is InChI=1S/C8H10N4/c1(7-3-4-11-12-7)2-8-5-9-6-10-8/h3-6H,1-2H2,(H,9,10)(H,11,12). The van der Waals surface area contributed by atoms with Crippen LogP contribution in [0.3, 0.4) is 0 Å². The monoisotopic (exact) mass is 162 g/mol. The van der Waals surface area contributed by atoms with Gasteiger partial charge in [0.25, 0.3) is 0 Å². The van der Waals surface area contributed by atoms with Gasteiger partial charge < -0.3 is 4.98 Å². The first-order chi connectivity index (χ1) is 5.95. The van der Waals surface area contributed by atoms with Gasteiger partial charge in [-0.1, -0.05) is 0 Å². The van der Waals surface area contributed by atoms with Crippen molar-refractivity contribution < 1.29 is 0 Å². The Kier molecular flexibility index (Phi) is 1.90. The fraction of sp³-hybridized carbons (Fsp3) is 0.250. The predicted octanol–water partition coefficient (Wildman–Crippen LogP) is 0.918. The van der Waals surface area contributed by atoms with E-state index in [4.69, 9.17) is 0 Å². The Morgan fingerprint density at radius 3 is 2.83 bits per heavy atom. The van der Waals surface area contributed by atoms with E-state index in [-0.39, 0.29) is 0 Å². The lowest BCUT2D eigenvalue weighted by atomic mass is 10.2. The van der Waals surface area contributed by atoms with E-state index >= 15 is 0 Å². The van der Waals surface area contributed by atoms with Gasteiger partial charge in [-0.15, -0.1) is 0 Å². The van der Waals surface area contributed by atoms with Crippen LogP contribution in [0.1, 0.15) is 11.4 Å². The molecule has 2 N–H and O–H groups in total. The molecule has 12 heavy (non-hydrogen) atoms. The second kappa shape index (κ2) is 3.21. The molecule has 0 atom stereocenters. The molecule has 2 aromatic rings. The van der Waals surface area contributed by atoms with Gasteiger partial charge in [-0.25, -0.2) is 4.98 Å². The number of imidazole rings is 1. The fourth-order valence-electron chi connectivity index (χ4n) is 1.11. The molecule has 0 fully saturated rings. The molecule has 2 heterocycles. The van der Waals surface area contributed by atoms with E-state index in [1.54, 1.807) is 12.5 Å². The second-order valence-electron chi connectivity index (χ2n) is 2.66. The summed E-state index contributed by atoms with van der Waals surface area (Å²) in [5.41, 5.74) is 2.31. The maximum Gasteiger partial charge on any atom is 0.0921 e. The Labute approximate surface area is 70.0 Å². The summed E-state index contributed by atoms with van der Waals surface area (Å²) in [5.74, 6) is 0. The van der Waals surface area contributed by atoms with Crippen molar-refractivity contribution in [2.75, 3.05) is 0 Å². The molecule has 0 aliphatic carbocycles. The first kappa shape index (κ1) is 7.09. The quantitative estimate of drug-likeness (QED) is 0.705. The van der Waals surface area contributed by atoms with Gasteiger partial charge in [0.1, 0.15) is 0 Å². The summed E-state index contributed by atoms with van der Waals surface area (Å²) in [6.07, 6.45) is 7.26. The number of aryl methyl sites for hydroxylation is 2. The van der Waals surface area contributed by atoms with Gasteiger partial charge >= 0.3 is 0 Å². The Morgan fingerprint density at radius 1 is 1.25 bits per heavy atom. The lowest BCUT2D eigenvalue weighted by Gasteiger charge is -1.93. The number of nitrogens with one attached hydrogen (secondary N) is 2. The molecule has 0 saturated heterocycles. The van der Waals surface area contributed by atoms with E-state index in [9.17, 15) is 0 Å². The first-order valence-corrected chi connectivity index (χ1v) is 3.90. The molecule has 0 radical (unpaired) electrons. The van der Waals surface area contributed by atoms with Crippen molar-refractivity contribution in [2.45, 2.75) is 12.8 Å². The Hall–Kier alpha value is -1.58. The van der Waals surface area contributed by atoms with Gasteiger partial charge in [0.2, 0.25) is 0 Å². The average Bonchev–Trinajstić information content (AvgIpc) is 2.74. The van der Waals surface area contributed by atoms with Crippen molar-refractivity contribution in [3.05, 3.63) is 36.2 Å². The molecule has 4 nitrogen and oxygen atoms in total. The fourth-order valence-corrected chi connectivity index (χ4v) is 1.11. The van der Waals surface area contributed by atoms with E-state index in [0.29, 0.717) is 0 Å². The highest BCUT2D eigenvalue weighted by Gasteiger charge is 1.96. The Balaban J connectivity index is 1.91. The van der Waals surface area contributed by atoms with Gasteiger partial charge in [-0.2, -0.15) is 5.10 Å². The van der Waals surface area contributed by atoms with Crippen LogP contribution in [0.5, 0.6) is 0 Å². The van der Waals surface area contributed by atoms with Gasteiger partial charge in [0, 0.05) is 23.8 Å². The zero-order valence-electron chi connectivity index (χ0n) is 6.62. The van der Waals surface area contributed by atoms with Crippen LogP contribution in [0.25, 0.3) is 0 Å². The number of aromatic nitrogens is 4. The van der Waals surface area contributed by atoms with Crippen molar-refractivity contribution in [1.29, 1.82) is 0 Å². The Morgan fingerprint density at radius 2 is 2.17 bits per heavy atom. The summed E-state index contributed by atoms with van der Waals surface area (Å²) in [5, 5.41) is 6.79. The predicted molar refractivity (Wildman–Crippen MR) is 44.6 cm³/mol. The van der Waals surface area contributed by atoms with Crippen LogP contribution in [-0.4, -0.2) is 20.2 Å². The molecule has 0 bridgehead atoms. The molecule has 62 valence electrons. The third kappa shape index (κ3) is 1.53. The van der Waals surface area contributed by atoms with Crippen molar-refractivity contribution in [2.24, 2.45) is 0 Å². The largest absolute Gasteiger partial charge is 0.348 e. The lowest BCUT2D eigenvalue weighted by Crippen LogP contribution is -1.91. The topological polar surface area (TPSA) is 57.4 Å². The molecule has 0 saturated carbocycles. The van der Waals surface area contributed by atoms with Gasteiger partial charge in [-0.05, 0) is 18.9 Å². The summed E-state index contributed by atoms with van der Waals surface area (Å²) in [4.78, 5) is 6.99. The third-order valence-corrected chi connectivity index (χ3v) is 1.78. The van der Waals surface area contributed by atoms with E-state index in [2.05, 4.69) is 20.2 Å². The molecule has 0 amide bonds. The van der Waals surface area contributed by atoms with Crippen LogP contribution in [0.2, 0.25) is 0 Å². The maximum atomic E-state index is 3.94. The molecule has 0 unspecified atom stereocenters. The van der Waals surface area contributed by atoms with Crippen LogP contribution in [-0.2, 0) is 12.8 Å². The highest BCUT2D eigenvalue weighted by atomic mass is 15.1. The number of rotatable bonds is 3. The van der Waals surface area contributed by atoms with Gasteiger partial charge in [0.05, 0.1) is 6.33 Å². The number of hydrogen-bond donors (Lipinski definition) is 2. The van der Waals surface area contributed by atoms with Gasteiger partial charge in [-0.3, -0.25) is 5.10 Å². The number of hydrogen-bond acceptors (Lipinski definition) is 2. The molecule has 2 aromatic heterocycles. The number of H-pyrrole nitrogens is 2. The normalized spacial score (nSPS) is 10.3. The van der Waals surface area contributed by atoms with E-state index < -0.39 is 0 Å². The van der Waals surface area contributed by atoms with Crippen LogP contribution in [0.4, 0.5) is 0 Å². The summed E-state index contributed by atoms with van der Waals surface area (Å²) in [6, 6.07) is 1.98. The summed E-state index contributed by atoms with van der Waals surface area (Å²) in [7, 11) is 0. The number of aromatic amines is 2. The van der Waals surface area contributed by atoms with Crippen molar-refractivity contribution in [3.8, 4) is 0 Å². The minimum atomic E-state index is 0.974. The molecule has 0 aromatic carbocycles. The SMILES string of the molecule is c1cc(CCc2cnc[nH]2)[nH]n1. The zero-order valence-corrected chi connectivity index (χ0v) is 6.62. The molecule has 0 aliphatic rings. The van der Waals surface area contributed by atoms with Crippen molar-refractivity contribution >= 4 is 0 Å². The summed E-state index contributed by atoms with van der Waals surface area (Å²) in [6.45, 7) is 0. The minimum Gasteiger partial charge on any atom is -0.348 e. The van der Waals surface area contributed by atoms with E-state index in [1.807, 2.05) is 12.3 Å². The van der Waals surface area contributed by atoms with E-state index in [0.717, 1.165) is 24.2 Å². The lowest BCUT2D eigenvalue weighted by molar-refractivity contribution is 0.873. The van der Waals surface area contributed by atoms with Crippen LogP contribution in [0.15, 0.2) is 24.8 Å². The highest BCUT2D eigenvalue weighted by molar-refractivity contribution is 5.02.